The molecule has 8 nitrogen and oxygen atoms in total. The Kier molecular flexibility index (Phi) is 7.40. The Balaban J connectivity index is 1.27. The van der Waals surface area contributed by atoms with Crippen molar-refractivity contribution in [3.8, 4) is 10.6 Å². The molecule has 1 aliphatic heterocycles. The highest BCUT2D eigenvalue weighted by atomic mass is 79.9. The molecule has 1 aliphatic carbocycles. The summed E-state index contributed by atoms with van der Waals surface area (Å²) in [5.74, 6) is 0.252. The van der Waals surface area contributed by atoms with Crippen molar-refractivity contribution in [2.75, 3.05) is 51.1 Å². The normalized spacial score (nSPS) is 17.2. The minimum Gasteiger partial charge on any atom is -0.366 e. The molecule has 5 rings (SSSR count). The molecule has 0 atom stereocenters. The minimum absolute atomic E-state index is 0.296. The summed E-state index contributed by atoms with van der Waals surface area (Å²) in [5, 5.41) is 4.25. The lowest BCUT2D eigenvalue weighted by atomic mass is 10.1. The van der Waals surface area contributed by atoms with Gasteiger partial charge in [0.1, 0.15) is 5.69 Å². The van der Waals surface area contributed by atoms with Gasteiger partial charge in [-0.1, -0.05) is 13.0 Å². The second-order valence-corrected chi connectivity index (χ2v) is 10.6. The van der Waals surface area contributed by atoms with Crippen LogP contribution < -0.4 is 10.8 Å². The van der Waals surface area contributed by atoms with Crippen molar-refractivity contribution in [1.82, 2.24) is 25.2 Å². The highest BCUT2D eigenvalue weighted by Gasteiger charge is 2.24. The summed E-state index contributed by atoms with van der Waals surface area (Å²) in [4.78, 5) is 33.0. The molecule has 0 radical (unpaired) electrons. The van der Waals surface area contributed by atoms with Gasteiger partial charge in [-0.15, -0.1) is 16.8 Å². The lowest BCUT2D eigenvalue weighted by molar-refractivity contribution is 0.0238. The van der Waals surface area contributed by atoms with E-state index in [9.17, 15) is 4.79 Å². The number of nitrogens with one attached hydrogen (secondary N) is 2. The van der Waals surface area contributed by atoms with Crippen LogP contribution in [0.5, 0.6) is 0 Å². The summed E-state index contributed by atoms with van der Waals surface area (Å²) in [6.07, 6.45) is 3.88. The molecule has 3 heterocycles. The highest BCUT2D eigenvalue weighted by molar-refractivity contribution is 9.10. The molecule has 2 aliphatic rings. The van der Waals surface area contributed by atoms with Gasteiger partial charge in [-0.05, 0) is 53.5 Å². The first-order valence-corrected chi connectivity index (χ1v) is 13.4. The van der Waals surface area contributed by atoms with Crippen LogP contribution in [0.3, 0.4) is 0 Å². The van der Waals surface area contributed by atoms with Gasteiger partial charge in [-0.25, -0.2) is 14.8 Å². The fourth-order valence-electron chi connectivity index (χ4n) is 4.03. The summed E-state index contributed by atoms with van der Waals surface area (Å²) in [6.45, 7) is 9.57. The van der Waals surface area contributed by atoms with Crippen molar-refractivity contribution in [2.24, 2.45) is 0 Å². The molecule has 2 aromatic heterocycles. The monoisotopic (exact) mass is 544 g/mol. The summed E-state index contributed by atoms with van der Waals surface area (Å²) in [6, 6.07) is 8.01. The van der Waals surface area contributed by atoms with E-state index in [-0.39, 0.29) is 5.97 Å². The summed E-state index contributed by atoms with van der Waals surface area (Å²) < 4.78 is 1.84. The maximum absolute atomic E-state index is 12.6. The number of carbonyl (C=O) groups is 1. The average Bonchev–Trinajstić information content (AvgIpc) is 3.59. The predicted octanol–water partition coefficient (Wildman–Crippen LogP) is 3.99. The number of rotatable bonds is 9. The van der Waals surface area contributed by atoms with Crippen molar-refractivity contribution >= 4 is 49.3 Å². The van der Waals surface area contributed by atoms with Gasteiger partial charge in [-0.2, -0.15) is 0 Å². The van der Waals surface area contributed by atoms with Crippen LogP contribution in [0.25, 0.3) is 20.7 Å². The van der Waals surface area contributed by atoms with E-state index in [0.29, 0.717) is 17.6 Å². The molecule has 1 saturated heterocycles. The minimum atomic E-state index is -0.356. The molecular weight excluding hydrogens is 516 g/mol. The quantitative estimate of drug-likeness (QED) is 0.391. The number of anilines is 1. The van der Waals surface area contributed by atoms with Crippen LogP contribution in [0.1, 0.15) is 30.1 Å². The zero-order chi connectivity index (χ0) is 23.5. The maximum atomic E-state index is 12.6. The van der Waals surface area contributed by atoms with E-state index in [4.69, 9.17) is 9.82 Å². The Hall–Kier alpha value is -2.11. The smallest absolute Gasteiger partial charge is 0.357 e. The molecule has 0 spiro atoms. The van der Waals surface area contributed by atoms with E-state index in [1.807, 2.05) is 18.2 Å². The van der Waals surface area contributed by atoms with Crippen molar-refractivity contribution in [3.05, 3.63) is 40.5 Å². The van der Waals surface area contributed by atoms with Gasteiger partial charge in [0.25, 0.3) is 0 Å². The van der Waals surface area contributed by atoms with Gasteiger partial charge in [-0.3, -0.25) is 4.90 Å². The van der Waals surface area contributed by atoms with Crippen LogP contribution in [0.2, 0.25) is 0 Å². The fraction of sp³-hybridized carbons (Fsp3) is 0.458. The zero-order valence-electron chi connectivity index (χ0n) is 19.2. The van der Waals surface area contributed by atoms with Crippen LogP contribution >= 0.6 is 27.3 Å². The molecule has 180 valence electrons. The number of halogens is 1. The molecule has 2 N–H and O–H groups in total. The van der Waals surface area contributed by atoms with Crippen LogP contribution in [-0.2, 0) is 4.84 Å². The zero-order valence-corrected chi connectivity index (χ0v) is 21.6. The first-order valence-electron chi connectivity index (χ1n) is 11.8. The Labute approximate surface area is 211 Å². The molecule has 1 saturated carbocycles. The standard InChI is InChI=1S/C24H29BrN6O2S/c1-2-30-10-12-31(13-11-30)9-8-26-24-27-15-19(25)22(28-24)21-14-18-17(4-3-5-20(18)34-21)23(32)33-29-16-6-7-16/h3-5,14-16,29H,2,6-13H2,1H3,(H,26,27,28). The molecule has 0 amide bonds. The Morgan fingerprint density at radius 2 is 2.03 bits per heavy atom. The van der Waals surface area contributed by atoms with Crippen LogP contribution in [0, 0.1) is 0 Å². The third-order valence-electron chi connectivity index (χ3n) is 6.28. The molecule has 34 heavy (non-hydrogen) atoms. The van der Waals surface area contributed by atoms with Gasteiger partial charge in [0.2, 0.25) is 5.95 Å². The Morgan fingerprint density at radius 1 is 1.24 bits per heavy atom. The van der Waals surface area contributed by atoms with Crippen LogP contribution in [0.4, 0.5) is 5.95 Å². The molecule has 0 bridgehead atoms. The van der Waals surface area contributed by atoms with Crippen molar-refractivity contribution in [2.45, 2.75) is 25.8 Å². The van der Waals surface area contributed by atoms with Gasteiger partial charge in [0.15, 0.2) is 0 Å². The summed E-state index contributed by atoms with van der Waals surface area (Å²) >= 11 is 5.20. The van der Waals surface area contributed by atoms with E-state index in [1.165, 1.54) is 0 Å². The number of hydrogen-bond donors (Lipinski definition) is 2. The molecular formula is C24H29BrN6O2S. The number of carbonyl (C=O) groups excluding carboxylic acids is 1. The number of aromatic nitrogens is 2. The van der Waals surface area contributed by atoms with E-state index < -0.39 is 0 Å². The second kappa shape index (κ2) is 10.7. The van der Waals surface area contributed by atoms with Gasteiger partial charge >= 0.3 is 5.97 Å². The number of fused-ring (bicyclic) bond motifs is 1. The number of likely N-dealkylation sites (N-methyl/N-ethyl adjacent to an activating group) is 1. The molecule has 10 heteroatoms. The predicted molar refractivity (Wildman–Crippen MR) is 139 cm³/mol. The largest absolute Gasteiger partial charge is 0.366 e. The third-order valence-corrected chi connectivity index (χ3v) is 7.97. The van der Waals surface area contributed by atoms with E-state index in [0.717, 1.165) is 83.8 Å². The van der Waals surface area contributed by atoms with E-state index >= 15 is 0 Å². The maximum Gasteiger partial charge on any atom is 0.357 e. The van der Waals surface area contributed by atoms with Crippen molar-refractivity contribution < 1.29 is 9.63 Å². The summed E-state index contributed by atoms with van der Waals surface area (Å²) in [7, 11) is 0. The number of hydroxylamine groups is 1. The van der Waals surface area contributed by atoms with E-state index in [1.54, 1.807) is 23.6 Å². The van der Waals surface area contributed by atoms with E-state index in [2.05, 4.69) is 48.4 Å². The van der Waals surface area contributed by atoms with Gasteiger partial charge in [0, 0.05) is 61.6 Å². The summed E-state index contributed by atoms with van der Waals surface area (Å²) in [5.41, 5.74) is 4.20. The highest BCUT2D eigenvalue weighted by Crippen LogP contribution is 2.37. The fourth-order valence-corrected chi connectivity index (χ4v) is 5.66. The van der Waals surface area contributed by atoms with Crippen LogP contribution in [-0.4, -0.2) is 77.6 Å². The number of piperazine rings is 1. The number of nitrogens with zero attached hydrogens (tertiary/aromatic N) is 4. The van der Waals surface area contributed by atoms with Gasteiger partial charge < -0.3 is 15.1 Å². The molecule has 3 aromatic rings. The average molecular weight is 546 g/mol. The SMILES string of the molecule is CCN1CCN(CCNc2ncc(Br)c(-c3cc4c(C(=O)ONC5CC5)cccc4s3)n2)CC1. The third kappa shape index (κ3) is 5.58. The molecule has 1 aromatic carbocycles. The Morgan fingerprint density at radius 3 is 2.79 bits per heavy atom. The second-order valence-electron chi connectivity index (χ2n) is 8.70. The molecule has 2 fully saturated rings. The van der Waals surface area contributed by atoms with Crippen molar-refractivity contribution in [1.29, 1.82) is 0 Å². The lowest BCUT2D eigenvalue weighted by Crippen LogP contribution is -2.47. The van der Waals surface area contributed by atoms with Crippen molar-refractivity contribution in [3.63, 3.8) is 0 Å². The Bertz CT molecular complexity index is 1160. The number of thiophene rings is 1. The van der Waals surface area contributed by atoms with Crippen LogP contribution in [0.15, 0.2) is 34.9 Å². The molecule has 0 unspecified atom stereocenters. The first-order chi connectivity index (χ1) is 16.6. The number of hydrogen-bond acceptors (Lipinski definition) is 9. The number of benzene rings is 1. The lowest BCUT2D eigenvalue weighted by Gasteiger charge is -2.33. The van der Waals surface area contributed by atoms with Gasteiger partial charge in [0.05, 0.1) is 14.9 Å². The first kappa shape index (κ1) is 23.6. The topological polar surface area (TPSA) is 82.6 Å².